The number of rotatable bonds is 12. The van der Waals surface area contributed by atoms with Crippen molar-refractivity contribution in [1.82, 2.24) is 15.0 Å². The van der Waals surface area contributed by atoms with Gasteiger partial charge in [0, 0.05) is 18.3 Å². The lowest BCUT2D eigenvalue weighted by atomic mass is 10.1. The predicted octanol–water partition coefficient (Wildman–Crippen LogP) is 2.84. The minimum atomic E-state index is -4.08. The first-order chi connectivity index (χ1) is 17.3. The summed E-state index contributed by atoms with van der Waals surface area (Å²) in [5.41, 5.74) is 1.77. The summed E-state index contributed by atoms with van der Waals surface area (Å²) in [4.78, 5) is 28.4. The number of sulfonamides is 1. The molecule has 1 aromatic heterocycles. The Labute approximate surface area is 210 Å². The lowest BCUT2D eigenvalue weighted by Gasteiger charge is -2.09. The third kappa shape index (κ3) is 7.62. The monoisotopic (exact) mass is 511 g/mol. The lowest BCUT2D eigenvalue weighted by molar-refractivity contribution is 0.0951. The van der Waals surface area contributed by atoms with Gasteiger partial charge in [0.15, 0.2) is 0 Å². The van der Waals surface area contributed by atoms with Crippen LogP contribution in [0.15, 0.2) is 71.8 Å². The highest BCUT2D eigenvalue weighted by molar-refractivity contribution is 7.90. The van der Waals surface area contributed by atoms with Crippen molar-refractivity contribution in [2.24, 2.45) is 0 Å². The third-order valence-corrected chi connectivity index (χ3v) is 6.64. The average molecular weight is 512 g/mol. The van der Waals surface area contributed by atoms with Crippen LogP contribution in [0.4, 0.5) is 0 Å². The van der Waals surface area contributed by atoms with Crippen LogP contribution in [0.25, 0.3) is 0 Å². The molecular formula is C26H29N3O6S. The zero-order valence-corrected chi connectivity index (χ0v) is 20.8. The molecule has 190 valence electrons. The van der Waals surface area contributed by atoms with Crippen molar-refractivity contribution in [3.63, 3.8) is 0 Å². The van der Waals surface area contributed by atoms with Crippen molar-refractivity contribution in [3.05, 3.63) is 89.2 Å². The highest BCUT2D eigenvalue weighted by atomic mass is 32.2. The van der Waals surface area contributed by atoms with E-state index in [9.17, 15) is 18.0 Å². The first-order valence-corrected chi connectivity index (χ1v) is 13.0. The molecule has 0 fully saturated rings. The van der Waals surface area contributed by atoms with Crippen LogP contribution in [-0.2, 0) is 23.1 Å². The van der Waals surface area contributed by atoms with Gasteiger partial charge in [-0.25, -0.2) is 13.1 Å². The number of aliphatic hydroxyl groups excluding tert-OH is 1. The lowest BCUT2D eigenvalue weighted by Crippen LogP contribution is -2.30. The number of benzene rings is 2. The molecule has 3 rings (SSSR count). The first-order valence-electron chi connectivity index (χ1n) is 11.6. The standard InChI is InChI=1S/C26H29N3O6S/c1-2-3-16-35-23-10-7-20(8-11-23)25(31)27-15-14-19-4-12-24(13-5-19)36(33,34)29-26(32)21-6-9-22(18-30)28-17-21/h4-13,17,30H,2-3,14-16,18H2,1H3,(H,27,31)(H,29,32). The summed E-state index contributed by atoms with van der Waals surface area (Å²) in [6.45, 7) is 2.82. The van der Waals surface area contributed by atoms with Gasteiger partial charge in [-0.2, -0.15) is 0 Å². The zero-order chi connectivity index (χ0) is 26.0. The summed E-state index contributed by atoms with van der Waals surface area (Å²) in [6, 6.07) is 15.8. The van der Waals surface area contributed by atoms with Crippen molar-refractivity contribution in [1.29, 1.82) is 0 Å². The van der Waals surface area contributed by atoms with Gasteiger partial charge < -0.3 is 15.2 Å². The van der Waals surface area contributed by atoms with Gasteiger partial charge in [-0.1, -0.05) is 25.5 Å². The van der Waals surface area contributed by atoms with Crippen molar-refractivity contribution in [2.45, 2.75) is 37.7 Å². The number of pyridine rings is 1. The molecule has 0 aliphatic carbocycles. The molecule has 36 heavy (non-hydrogen) atoms. The normalized spacial score (nSPS) is 11.1. The summed E-state index contributed by atoms with van der Waals surface area (Å²) in [5.74, 6) is -0.305. The van der Waals surface area contributed by atoms with E-state index in [-0.39, 0.29) is 23.0 Å². The number of ether oxygens (including phenoxy) is 1. The first kappa shape index (κ1) is 26.8. The Morgan fingerprint density at radius 3 is 2.25 bits per heavy atom. The fourth-order valence-electron chi connectivity index (χ4n) is 3.19. The van der Waals surface area contributed by atoms with Gasteiger partial charge >= 0.3 is 0 Å². The second-order valence-corrected chi connectivity index (χ2v) is 9.69. The molecule has 0 bridgehead atoms. The Morgan fingerprint density at radius 2 is 1.64 bits per heavy atom. The fourth-order valence-corrected chi connectivity index (χ4v) is 4.16. The van der Waals surface area contributed by atoms with Gasteiger partial charge in [0.05, 0.1) is 29.4 Å². The van der Waals surface area contributed by atoms with E-state index >= 15 is 0 Å². The van der Waals surface area contributed by atoms with Crippen LogP contribution in [0.5, 0.6) is 5.75 Å². The van der Waals surface area contributed by atoms with Gasteiger partial charge in [-0.15, -0.1) is 0 Å². The molecule has 9 nitrogen and oxygen atoms in total. The second kappa shape index (κ2) is 12.8. The largest absolute Gasteiger partial charge is 0.494 e. The van der Waals surface area contributed by atoms with Crippen LogP contribution < -0.4 is 14.8 Å². The number of aromatic nitrogens is 1. The maximum atomic E-state index is 12.5. The van der Waals surface area contributed by atoms with Gasteiger partial charge in [-0.3, -0.25) is 14.6 Å². The smallest absolute Gasteiger partial charge is 0.266 e. The van der Waals surface area contributed by atoms with Crippen molar-refractivity contribution in [3.8, 4) is 5.75 Å². The summed E-state index contributed by atoms with van der Waals surface area (Å²) in [7, 11) is -4.08. The topological polar surface area (TPSA) is 135 Å². The Morgan fingerprint density at radius 1 is 0.944 bits per heavy atom. The molecule has 0 unspecified atom stereocenters. The van der Waals surface area contributed by atoms with Crippen LogP contribution in [0, 0.1) is 0 Å². The third-order valence-electron chi connectivity index (χ3n) is 5.29. The molecule has 0 aliphatic heterocycles. The molecule has 3 aromatic rings. The second-order valence-electron chi connectivity index (χ2n) is 8.01. The number of nitrogens with zero attached hydrogens (tertiary/aromatic N) is 1. The fraction of sp³-hybridized carbons (Fsp3) is 0.269. The molecule has 3 N–H and O–H groups in total. The Hall–Kier alpha value is -3.76. The minimum absolute atomic E-state index is 0.0572. The molecule has 0 spiro atoms. The Kier molecular flexibility index (Phi) is 9.54. The summed E-state index contributed by atoms with van der Waals surface area (Å²) < 4.78 is 32.7. The molecule has 2 amide bonds. The number of aliphatic hydroxyl groups is 1. The van der Waals surface area contributed by atoms with Gasteiger partial charge in [-0.05, 0) is 66.9 Å². The Balaban J connectivity index is 1.49. The minimum Gasteiger partial charge on any atom is -0.494 e. The van der Waals surface area contributed by atoms with E-state index in [1.54, 1.807) is 36.4 Å². The number of carbonyl (C=O) groups excluding carboxylic acids is 2. The summed E-state index contributed by atoms with van der Waals surface area (Å²) in [5, 5.41) is 11.9. The molecule has 0 radical (unpaired) electrons. The number of carbonyl (C=O) groups is 2. The van der Waals surface area contributed by atoms with E-state index in [1.165, 1.54) is 30.5 Å². The van der Waals surface area contributed by atoms with E-state index in [1.807, 2.05) is 4.72 Å². The average Bonchev–Trinajstić information content (AvgIpc) is 2.89. The number of nitrogens with one attached hydrogen (secondary N) is 2. The predicted molar refractivity (Wildman–Crippen MR) is 134 cm³/mol. The SMILES string of the molecule is CCCCOc1ccc(C(=O)NCCc2ccc(S(=O)(=O)NC(=O)c3ccc(CO)nc3)cc2)cc1. The number of hydrogen-bond acceptors (Lipinski definition) is 7. The van der Waals surface area contributed by atoms with Gasteiger partial charge in [0.2, 0.25) is 0 Å². The van der Waals surface area contributed by atoms with Crippen LogP contribution in [0.1, 0.15) is 51.7 Å². The highest BCUT2D eigenvalue weighted by Crippen LogP contribution is 2.14. The van der Waals surface area contributed by atoms with Crippen molar-refractivity contribution in [2.75, 3.05) is 13.2 Å². The van der Waals surface area contributed by atoms with E-state index in [2.05, 4.69) is 17.2 Å². The summed E-state index contributed by atoms with van der Waals surface area (Å²) in [6.07, 6.45) is 3.72. The van der Waals surface area contributed by atoms with E-state index < -0.39 is 15.9 Å². The molecular weight excluding hydrogens is 482 g/mol. The maximum absolute atomic E-state index is 12.5. The molecule has 1 heterocycles. The van der Waals surface area contributed by atoms with Crippen LogP contribution in [-0.4, -0.2) is 43.5 Å². The highest BCUT2D eigenvalue weighted by Gasteiger charge is 2.19. The van der Waals surface area contributed by atoms with Crippen molar-refractivity contribution >= 4 is 21.8 Å². The van der Waals surface area contributed by atoms with Crippen LogP contribution in [0.3, 0.4) is 0 Å². The van der Waals surface area contributed by atoms with E-state index in [0.29, 0.717) is 30.8 Å². The molecule has 0 aliphatic rings. The van der Waals surface area contributed by atoms with E-state index in [4.69, 9.17) is 9.84 Å². The van der Waals surface area contributed by atoms with Gasteiger partial charge in [0.1, 0.15) is 5.75 Å². The molecule has 0 atom stereocenters. The quantitative estimate of drug-likeness (QED) is 0.318. The maximum Gasteiger partial charge on any atom is 0.266 e. The molecule has 2 aromatic carbocycles. The zero-order valence-electron chi connectivity index (χ0n) is 19.9. The van der Waals surface area contributed by atoms with Crippen LogP contribution in [0.2, 0.25) is 0 Å². The molecule has 0 saturated heterocycles. The molecule has 0 saturated carbocycles. The van der Waals surface area contributed by atoms with Crippen molar-refractivity contribution < 1.29 is 27.9 Å². The van der Waals surface area contributed by atoms with Crippen LogP contribution >= 0.6 is 0 Å². The number of amides is 2. The number of hydrogen-bond donors (Lipinski definition) is 3. The number of unbranched alkanes of at least 4 members (excludes halogenated alkanes) is 1. The Bertz CT molecular complexity index is 1260. The molecule has 10 heteroatoms. The summed E-state index contributed by atoms with van der Waals surface area (Å²) >= 11 is 0. The van der Waals surface area contributed by atoms with Gasteiger partial charge in [0.25, 0.3) is 21.8 Å². The van der Waals surface area contributed by atoms with E-state index in [0.717, 1.165) is 24.2 Å².